The Hall–Kier alpha value is 1.59. The molecule has 0 heterocycles. The molecular weight excluding hydrogens is 312 g/mol. The van der Waals surface area contributed by atoms with Crippen LogP contribution >= 0.6 is 0 Å². The molecular formula is C6H16Br2O2Ti. The van der Waals surface area contributed by atoms with Crippen LogP contribution in [-0.2, 0) is 21.7 Å². The molecule has 0 aliphatic heterocycles. The molecule has 0 aromatic rings. The predicted octanol–water partition coefficient (Wildman–Crippen LogP) is -5.22. The molecule has 0 fully saturated rings. The second-order valence-electron chi connectivity index (χ2n) is 2.19. The Morgan fingerprint density at radius 2 is 0.727 bits per heavy atom. The molecule has 0 atom stereocenters. The van der Waals surface area contributed by atoms with Gasteiger partial charge in [-0.3, -0.25) is 0 Å². The molecule has 0 amide bonds. The van der Waals surface area contributed by atoms with Gasteiger partial charge in [0.1, 0.15) is 0 Å². The van der Waals surface area contributed by atoms with Gasteiger partial charge in [-0.1, -0.05) is 0 Å². The van der Waals surface area contributed by atoms with Crippen molar-refractivity contribution in [3.05, 3.63) is 0 Å². The van der Waals surface area contributed by atoms with Crippen LogP contribution in [0, 0.1) is 0 Å². The average Bonchev–Trinajstić information content (AvgIpc) is 1.25. The number of aliphatic hydroxyl groups is 2. The van der Waals surface area contributed by atoms with E-state index >= 15 is 0 Å². The quantitative estimate of drug-likeness (QED) is 0.437. The fourth-order valence-corrected chi connectivity index (χ4v) is 0. The summed E-state index contributed by atoms with van der Waals surface area (Å²) in [7, 11) is 0. The fourth-order valence-electron chi connectivity index (χ4n) is 0. The summed E-state index contributed by atoms with van der Waals surface area (Å²) in [5.41, 5.74) is 0. The van der Waals surface area contributed by atoms with E-state index in [4.69, 9.17) is 10.2 Å². The van der Waals surface area contributed by atoms with E-state index in [0.717, 1.165) is 0 Å². The predicted molar refractivity (Wildman–Crippen MR) is 34.7 cm³/mol. The van der Waals surface area contributed by atoms with E-state index in [1.165, 1.54) is 0 Å². The summed E-state index contributed by atoms with van der Waals surface area (Å²) in [4.78, 5) is 0. The fraction of sp³-hybridized carbons (Fsp3) is 1.00. The summed E-state index contributed by atoms with van der Waals surface area (Å²) >= 11 is 0. The molecule has 11 heavy (non-hydrogen) atoms. The van der Waals surface area contributed by atoms with E-state index in [1.807, 2.05) is 0 Å². The third kappa shape index (κ3) is 420. The zero-order chi connectivity index (χ0) is 7.15. The van der Waals surface area contributed by atoms with Gasteiger partial charge in [-0.25, -0.2) is 0 Å². The first kappa shape index (κ1) is 29.4. The minimum Gasteiger partial charge on any atom is -1.00 e. The molecule has 70 valence electrons. The second kappa shape index (κ2) is 22.6. The summed E-state index contributed by atoms with van der Waals surface area (Å²) in [6.07, 6.45) is -0.333. The molecule has 0 unspecified atom stereocenters. The van der Waals surface area contributed by atoms with Crippen molar-refractivity contribution in [3.63, 3.8) is 0 Å². The summed E-state index contributed by atoms with van der Waals surface area (Å²) < 4.78 is 0. The molecule has 0 aromatic heterocycles. The summed E-state index contributed by atoms with van der Waals surface area (Å²) in [6, 6.07) is 0. The smallest absolute Gasteiger partial charge is 1.00 e. The molecule has 0 saturated carbocycles. The maximum absolute atomic E-state index is 8.06. The van der Waals surface area contributed by atoms with Gasteiger partial charge in [0.25, 0.3) is 0 Å². The van der Waals surface area contributed by atoms with Gasteiger partial charge in [0.2, 0.25) is 0 Å². The van der Waals surface area contributed by atoms with Crippen molar-refractivity contribution in [3.8, 4) is 0 Å². The topological polar surface area (TPSA) is 40.5 Å². The third-order valence-corrected chi connectivity index (χ3v) is 0. The number of hydrogen-bond acceptors (Lipinski definition) is 2. The summed E-state index contributed by atoms with van der Waals surface area (Å²) in [6.45, 7) is 6.89. The van der Waals surface area contributed by atoms with Crippen LogP contribution in [0.5, 0.6) is 0 Å². The second-order valence-corrected chi connectivity index (χ2v) is 2.19. The summed E-state index contributed by atoms with van der Waals surface area (Å²) in [5.74, 6) is 0. The molecule has 0 bridgehead atoms. The molecule has 0 aromatic carbocycles. The van der Waals surface area contributed by atoms with Crippen LogP contribution in [0.2, 0.25) is 0 Å². The van der Waals surface area contributed by atoms with Gasteiger partial charge in [-0.15, -0.1) is 0 Å². The standard InChI is InChI=1S/2C3H8O.2BrH.Ti/c2*1-3(2)4;;;/h2*3-4H,1-2H3;2*1H;/q;;;;+2/p-2. The maximum atomic E-state index is 8.06. The van der Waals surface area contributed by atoms with Crippen LogP contribution in [0.4, 0.5) is 0 Å². The third-order valence-electron chi connectivity index (χ3n) is 0. The minimum atomic E-state index is -0.167. The molecule has 2 nitrogen and oxygen atoms in total. The summed E-state index contributed by atoms with van der Waals surface area (Å²) in [5, 5.41) is 16.1. The number of halogens is 2. The van der Waals surface area contributed by atoms with Crippen LogP contribution in [0.25, 0.3) is 0 Å². The largest absolute Gasteiger partial charge is 2.00 e. The Kier molecular flexibility index (Phi) is 60.2. The van der Waals surface area contributed by atoms with E-state index in [1.54, 1.807) is 27.7 Å². The monoisotopic (exact) mass is 326 g/mol. The van der Waals surface area contributed by atoms with Crippen molar-refractivity contribution in [1.29, 1.82) is 0 Å². The zero-order valence-electron chi connectivity index (χ0n) is 7.31. The molecule has 0 aliphatic rings. The molecule has 0 aliphatic carbocycles. The van der Waals surface area contributed by atoms with Crippen molar-refractivity contribution >= 4 is 0 Å². The Labute approximate surface area is 105 Å². The SMILES string of the molecule is CC(C)O.CC(C)O.[Br-].[Br-].[Ti+2]. The molecule has 5 heteroatoms. The average molecular weight is 328 g/mol. The molecule has 0 rings (SSSR count). The van der Waals surface area contributed by atoms with Gasteiger partial charge < -0.3 is 44.2 Å². The van der Waals surface area contributed by atoms with Crippen LogP contribution in [-0.4, -0.2) is 22.4 Å². The molecule has 2 N–H and O–H groups in total. The van der Waals surface area contributed by atoms with Crippen LogP contribution in [0.15, 0.2) is 0 Å². The number of rotatable bonds is 0. The van der Waals surface area contributed by atoms with E-state index in [2.05, 4.69) is 0 Å². The molecule has 0 spiro atoms. The van der Waals surface area contributed by atoms with Crippen molar-refractivity contribution in [1.82, 2.24) is 0 Å². The number of hydrogen-bond donors (Lipinski definition) is 2. The van der Waals surface area contributed by atoms with E-state index in [-0.39, 0.29) is 67.9 Å². The van der Waals surface area contributed by atoms with Gasteiger partial charge in [0, 0.05) is 12.2 Å². The maximum Gasteiger partial charge on any atom is 2.00 e. The van der Waals surface area contributed by atoms with Crippen molar-refractivity contribution in [2.45, 2.75) is 39.9 Å². The van der Waals surface area contributed by atoms with Crippen LogP contribution in [0.3, 0.4) is 0 Å². The zero-order valence-corrected chi connectivity index (χ0v) is 12.0. The van der Waals surface area contributed by atoms with Gasteiger partial charge in [-0.05, 0) is 27.7 Å². The Balaban J connectivity index is -0.0000000171. The van der Waals surface area contributed by atoms with E-state index < -0.39 is 0 Å². The normalized spacial score (nSPS) is 6.55. The first-order valence-corrected chi connectivity index (χ1v) is 2.83. The first-order valence-electron chi connectivity index (χ1n) is 2.83. The van der Waals surface area contributed by atoms with Gasteiger partial charge in [0.05, 0.1) is 0 Å². The van der Waals surface area contributed by atoms with Gasteiger partial charge in [0.15, 0.2) is 0 Å². The Morgan fingerprint density at radius 1 is 0.727 bits per heavy atom. The van der Waals surface area contributed by atoms with Crippen molar-refractivity contribution in [2.75, 3.05) is 0 Å². The van der Waals surface area contributed by atoms with E-state index in [0.29, 0.717) is 0 Å². The first-order chi connectivity index (χ1) is 3.46. The molecule has 0 radical (unpaired) electrons. The van der Waals surface area contributed by atoms with Crippen LogP contribution < -0.4 is 34.0 Å². The number of aliphatic hydroxyl groups excluding tert-OH is 2. The Bertz CT molecular complexity index is 34.1. The Morgan fingerprint density at radius 3 is 0.727 bits per heavy atom. The van der Waals surface area contributed by atoms with Gasteiger partial charge in [-0.2, -0.15) is 0 Å². The van der Waals surface area contributed by atoms with Gasteiger partial charge >= 0.3 is 21.7 Å². The van der Waals surface area contributed by atoms with Crippen molar-refractivity contribution < 1.29 is 65.9 Å². The van der Waals surface area contributed by atoms with Crippen molar-refractivity contribution in [2.24, 2.45) is 0 Å². The van der Waals surface area contributed by atoms with Crippen LogP contribution in [0.1, 0.15) is 27.7 Å². The minimum absolute atomic E-state index is 0. The molecule has 0 saturated heterocycles. The van der Waals surface area contributed by atoms with E-state index in [9.17, 15) is 0 Å².